The van der Waals surface area contributed by atoms with Crippen LogP contribution in [0.5, 0.6) is 0 Å². The minimum absolute atomic E-state index is 0.0530. The molecule has 0 aliphatic heterocycles. The fraction of sp³-hybridized carbons (Fsp3) is 0.444. The maximum atomic E-state index is 13.3. The molecule has 0 saturated heterocycles. The lowest BCUT2D eigenvalue weighted by Crippen LogP contribution is -2.20. The van der Waals surface area contributed by atoms with Gasteiger partial charge in [0.2, 0.25) is 0 Å². The number of hydrogen-bond donors (Lipinski definition) is 1. The Bertz CT molecular complexity index is 346. The minimum atomic E-state index is -4.77. The van der Waals surface area contributed by atoms with Gasteiger partial charge in [-0.3, -0.25) is 0 Å². The lowest BCUT2D eigenvalue weighted by atomic mass is 10.1. The van der Waals surface area contributed by atoms with Crippen LogP contribution in [0.3, 0.4) is 0 Å². The average Bonchev–Trinajstić information content (AvgIpc) is 2.05. The predicted octanol–water partition coefficient (Wildman–Crippen LogP) is 2.13. The summed E-state index contributed by atoms with van der Waals surface area (Å²) in [7, 11) is 0. The van der Waals surface area contributed by atoms with Crippen molar-refractivity contribution in [2.45, 2.75) is 25.6 Å². The second-order valence-electron chi connectivity index (χ2n) is 3.31. The van der Waals surface area contributed by atoms with Crippen LogP contribution in [0.1, 0.15) is 18.2 Å². The van der Waals surface area contributed by atoms with Crippen LogP contribution in [0.4, 0.5) is 17.6 Å². The largest absolute Gasteiger partial charge is 0.436 e. The number of nitrogens with zero attached hydrogens (tertiary/aromatic N) is 1. The Labute approximate surface area is 84.1 Å². The summed E-state index contributed by atoms with van der Waals surface area (Å²) in [6, 6.07) is 0.802. The van der Waals surface area contributed by atoms with E-state index in [-0.39, 0.29) is 12.0 Å². The quantitative estimate of drug-likeness (QED) is 0.778. The zero-order chi connectivity index (χ0) is 11.6. The van der Waals surface area contributed by atoms with Gasteiger partial charge in [-0.2, -0.15) is 13.2 Å². The number of rotatable bonds is 2. The van der Waals surface area contributed by atoms with E-state index in [9.17, 15) is 17.6 Å². The first-order chi connectivity index (χ1) is 6.82. The fourth-order valence-electron chi connectivity index (χ4n) is 1.19. The number of aromatic nitrogens is 1. The fourth-order valence-corrected chi connectivity index (χ4v) is 1.19. The Morgan fingerprint density at radius 1 is 1.47 bits per heavy atom. The first kappa shape index (κ1) is 11.9. The Morgan fingerprint density at radius 3 is 2.53 bits per heavy atom. The molecule has 0 saturated carbocycles. The second kappa shape index (κ2) is 4.14. The van der Waals surface area contributed by atoms with Gasteiger partial charge in [-0.1, -0.05) is 0 Å². The zero-order valence-electron chi connectivity index (χ0n) is 7.98. The third-order valence-corrected chi connectivity index (χ3v) is 1.78. The third-order valence-electron chi connectivity index (χ3n) is 1.78. The molecule has 1 atom stereocenters. The molecule has 1 rings (SSSR count). The minimum Gasteiger partial charge on any atom is -0.328 e. The molecule has 0 aromatic carbocycles. The number of pyridine rings is 1. The van der Waals surface area contributed by atoms with Crippen molar-refractivity contribution in [1.82, 2.24) is 4.98 Å². The van der Waals surface area contributed by atoms with Crippen molar-refractivity contribution in [3.8, 4) is 0 Å². The van der Waals surface area contributed by atoms with Gasteiger partial charge >= 0.3 is 6.18 Å². The highest BCUT2D eigenvalue weighted by Gasteiger charge is 2.36. The average molecular weight is 222 g/mol. The highest BCUT2D eigenvalue weighted by Crippen LogP contribution is 2.30. The molecule has 0 fully saturated rings. The number of nitrogens with two attached hydrogens (primary N) is 1. The topological polar surface area (TPSA) is 38.9 Å². The molecule has 0 radical (unpaired) electrons. The zero-order valence-corrected chi connectivity index (χ0v) is 7.98. The van der Waals surface area contributed by atoms with Crippen LogP contribution in [0.2, 0.25) is 0 Å². The van der Waals surface area contributed by atoms with Crippen molar-refractivity contribution in [2.75, 3.05) is 0 Å². The van der Waals surface area contributed by atoms with Crippen LogP contribution >= 0.6 is 0 Å². The van der Waals surface area contributed by atoms with Crippen molar-refractivity contribution in [2.24, 2.45) is 5.73 Å². The summed E-state index contributed by atoms with van der Waals surface area (Å²) in [4.78, 5) is 2.98. The van der Waals surface area contributed by atoms with Gasteiger partial charge in [0.25, 0.3) is 0 Å². The molecule has 0 aliphatic carbocycles. The summed E-state index contributed by atoms with van der Waals surface area (Å²) in [6.07, 6.45) is -3.78. The molecule has 1 aromatic rings. The molecule has 1 aromatic heterocycles. The second-order valence-corrected chi connectivity index (χ2v) is 3.31. The van der Waals surface area contributed by atoms with Crippen molar-refractivity contribution in [1.29, 1.82) is 0 Å². The normalized spacial score (nSPS) is 14.0. The molecule has 84 valence electrons. The van der Waals surface area contributed by atoms with Crippen molar-refractivity contribution < 1.29 is 17.6 Å². The van der Waals surface area contributed by atoms with Crippen LogP contribution in [0.15, 0.2) is 12.3 Å². The van der Waals surface area contributed by atoms with Gasteiger partial charge in [-0.05, 0) is 25.0 Å². The molecule has 1 heterocycles. The summed E-state index contributed by atoms with van der Waals surface area (Å²) in [5.74, 6) is -1.33. The molecule has 0 spiro atoms. The summed E-state index contributed by atoms with van der Waals surface area (Å²) < 4.78 is 50.0. The van der Waals surface area contributed by atoms with E-state index < -0.39 is 23.7 Å². The molecule has 0 unspecified atom stereocenters. The molecule has 6 heteroatoms. The maximum absolute atomic E-state index is 13.3. The van der Waals surface area contributed by atoms with E-state index in [0.717, 1.165) is 6.20 Å². The number of halogens is 4. The van der Waals surface area contributed by atoms with Gasteiger partial charge in [-0.25, -0.2) is 9.37 Å². The molecule has 0 amide bonds. The van der Waals surface area contributed by atoms with Gasteiger partial charge in [0, 0.05) is 12.2 Å². The molecule has 15 heavy (non-hydrogen) atoms. The van der Waals surface area contributed by atoms with Crippen LogP contribution < -0.4 is 5.73 Å². The summed E-state index contributed by atoms with van der Waals surface area (Å²) >= 11 is 0. The Morgan fingerprint density at radius 2 is 2.07 bits per heavy atom. The van der Waals surface area contributed by atoms with Crippen LogP contribution in [0, 0.1) is 5.82 Å². The van der Waals surface area contributed by atoms with Gasteiger partial charge in [-0.15, -0.1) is 0 Å². The summed E-state index contributed by atoms with van der Waals surface area (Å²) in [5.41, 5.74) is 3.84. The summed E-state index contributed by atoms with van der Waals surface area (Å²) in [5, 5.41) is 0. The maximum Gasteiger partial charge on any atom is 0.436 e. The predicted molar refractivity (Wildman–Crippen MR) is 46.6 cm³/mol. The lowest BCUT2D eigenvalue weighted by molar-refractivity contribution is -0.143. The number of alkyl halides is 3. The molecular formula is C9H10F4N2. The van der Waals surface area contributed by atoms with E-state index >= 15 is 0 Å². The van der Waals surface area contributed by atoms with E-state index in [0.29, 0.717) is 0 Å². The number of hydrogen-bond acceptors (Lipinski definition) is 2. The Kier molecular flexibility index (Phi) is 3.28. The SMILES string of the molecule is C[C@@H](N)Cc1ccnc(C(F)(F)F)c1F. The van der Waals surface area contributed by atoms with Crippen molar-refractivity contribution >= 4 is 0 Å². The van der Waals surface area contributed by atoms with Gasteiger partial charge < -0.3 is 5.73 Å². The van der Waals surface area contributed by atoms with Gasteiger partial charge in [0.05, 0.1) is 0 Å². The molecule has 2 nitrogen and oxygen atoms in total. The standard InChI is InChI=1S/C9H10F4N2/c1-5(14)4-6-2-3-15-8(7(6)10)9(11,12)13/h2-3,5H,4,14H2,1H3/t5-/m1/s1. The van der Waals surface area contributed by atoms with Crippen LogP contribution in [0.25, 0.3) is 0 Å². The highest BCUT2D eigenvalue weighted by molar-refractivity contribution is 5.22. The van der Waals surface area contributed by atoms with E-state index in [2.05, 4.69) is 4.98 Å². The Balaban J connectivity index is 3.12. The molecule has 0 bridgehead atoms. The highest BCUT2D eigenvalue weighted by atomic mass is 19.4. The van der Waals surface area contributed by atoms with Gasteiger partial charge in [0.1, 0.15) is 0 Å². The molecule has 2 N–H and O–H groups in total. The lowest BCUT2D eigenvalue weighted by Gasteiger charge is -2.11. The summed E-state index contributed by atoms with van der Waals surface area (Å²) in [6.45, 7) is 1.59. The third kappa shape index (κ3) is 2.89. The van der Waals surface area contributed by atoms with E-state index in [1.54, 1.807) is 6.92 Å². The molecular weight excluding hydrogens is 212 g/mol. The van der Waals surface area contributed by atoms with Crippen molar-refractivity contribution in [3.63, 3.8) is 0 Å². The van der Waals surface area contributed by atoms with E-state index in [1.807, 2.05) is 0 Å². The monoisotopic (exact) mass is 222 g/mol. The van der Waals surface area contributed by atoms with E-state index in [1.165, 1.54) is 6.07 Å². The molecule has 0 aliphatic rings. The smallest absolute Gasteiger partial charge is 0.328 e. The van der Waals surface area contributed by atoms with Crippen LogP contribution in [-0.4, -0.2) is 11.0 Å². The van der Waals surface area contributed by atoms with Gasteiger partial charge in [0.15, 0.2) is 11.5 Å². The van der Waals surface area contributed by atoms with Crippen molar-refractivity contribution in [3.05, 3.63) is 29.3 Å². The first-order valence-electron chi connectivity index (χ1n) is 4.28. The Hall–Kier alpha value is -1.17. The van der Waals surface area contributed by atoms with Crippen LogP contribution in [-0.2, 0) is 12.6 Å². The van der Waals surface area contributed by atoms with E-state index in [4.69, 9.17) is 5.73 Å². The first-order valence-corrected chi connectivity index (χ1v) is 4.28.